The predicted octanol–water partition coefficient (Wildman–Crippen LogP) is 2.13. The zero-order valence-electron chi connectivity index (χ0n) is 13.7. The van der Waals surface area contributed by atoms with Crippen LogP contribution in [0.15, 0.2) is 24.4 Å². The lowest BCUT2D eigenvalue weighted by Crippen LogP contribution is -2.43. The number of piperidine rings is 1. The van der Waals surface area contributed by atoms with Crippen LogP contribution in [-0.4, -0.2) is 39.3 Å². The molecule has 1 aliphatic heterocycles. The largest absolute Gasteiger partial charge is 0.353 e. The zero-order chi connectivity index (χ0) is 15.8. The normalized spacial score (nSPS) is 22.4. The van der Waals surface area contributed by atoms with Crippen molar-refractivity contribution in [1.82, 2.24) is 19.6 Å². The molecule has 2 fully saturated rings. The molecule has 0 bridgehead atoms. The van der Waals surface area contributed by atoms with Crippen molar-refractivity contribution in [3.8, 4) is 0 Å². The van der Waals surface area contributed by atoms with Gasteiger partial charge in [0.25, 0.3) is 0 Å². The fraction of sp³-hybridized carbons (Fsp3) is 0.556. The molecule has 23 heavy (non-hydrogen) atoms. The van der Waals surface area contributed by atoms with E-state index in [0.717, 1.165) is 56.7 Å². The second-order valence-electron chi connectivity index (χ2n) is 6.98. The average molecular weight is 312 g/mol. The van der Waals surface area contributed by atoms with E-state index in [9.17, 15) is 4.79 Å². The van der Waals surface area contributed by atoms with Crippen molar-refractivity contribution in [2.45, 2.75) is 45.2 Å². The molecule has 2 aromatic heterocycles. The molecule has 1 saturated heterocycles. The predicted molar refractivity (Wildman–Crippen MR) is 89.1 cm³/mol. The highest BCUT2D eigenvalue weighted by atomic mass is 16.2. The highest BCUT2D eigenvalue weighted by Crippen LogP contribution is 2.23. The molecule has 4 rings (SSSR count). The standard InChI is InChI=1S/C18H24N4O/c1-13-4-2-6-17-19-16(12-22(13)17)11-21-9-3-5-14(10-21)18(23)20-15-7-8-15/h2,4,6,12,14-15H,3,5,7-11H2,1H3,(H,20,23)/t14-/m0/s1. The summed E-state index contributed by atoms with van der Waals surface area (Å²) in [7, 11) is 0. The first-order chi connectivity index (χ1) is 11.2. The van der Waals surface area contributed by atoms with E-state index in [1.54, 1.807) is 0 Å². The van der Waals surface area contributed by atoms with Crippen LogP contribution in [-0.2, 0) is 11.3 Å². The Kier molecular flexibility index (Phi) is 3.81. The highest BCUT2D eigenvalue weighted by Gasteiger charge is 2.30. The van der Waals surface area contributed by atoms with Crippen LogP contribution in [0.2, 0.25) is 0 Å². The Morgan fingerprint density at radius 1 is 1.35 bits per heavy atom. The molecule has 0 aromatic carbocycles. The lowest BCUT2D eigenvalue weighted by Gasteiger charge is -2.31. The first-order valence-corrected chi connectivity index (χ1v) is 8.65. The van der Waals surface area contributed by atoms with Crippen molar-refractivity contribution in [2.24, 2.45) is 5.92 Å². The Bertz CT molecular complexity index is 719. The van der Waals surface area contributed by atoms with Crippen LogP contribution in [0.3, 0.4) is 0 Å². The third-order valence-corrected chi connectivity index (χ3v) is 4.93. The van der Waals surface area contributed by atoms with E-state index in [4.69, 9.17) is 4.98 Å². The van der Waals surface area contributed by atoms with Crippen molar-refractivity contribution >= 4 is 11.6 Å². The molecule has 122 valence electrons. The van der Waals surface area contributed by atoms with Gasteiger partial charge >= 0.3 is 0 Å². The number of likely N-dealkylation sites (tertiary alicyclic amines) is 1. The van der Waals surface area contributed by atoms with Crippen LogP contribution >= 0.6 is 0 Å². The van der Waals surface area contributed by atoms with Gasteiger partial charge in [-0.15, -0.1) is 0 Å². The lowest BCUT2D eigenvalue weighted by atomic mass is 9.97. The maximum atomic E-state index is 12.3. The summed E-state index contributed by atoms with van der Waals surface area (Å²) in [6.07, 6.45) is 6.54. The number of imidazole rings is 1. The van der Waals surface area contributed by atoms with Gasteiger partial charge in [-0.05, 0) is 51.3 Å². The van der Waals surface area contributed by atoms with Crippen molar-refractivity contribution in [2.75, 3.05) is 13.1 Å². The number of nitrogens with zero attached hydrogens (tertiary/aromatic N) is 3. The van der Waals surface area contributed by atoms with Gasteiger partial charge in [0.1, 0.15) is 5.65 Å². The van der Waals surface area contributed by atoms with Crippen LogP contribution in [0.4, 0.5) is 0 Å². The van der Waals surface area contributed by atoms with Gasteiger partial charge in [0, 0.05) is 31.0 Å². The number of aryl methyl sites for hydroxylation is 1. The van der Waals surface area contributed by atoms with Gasteiger partial charge in [-0.2, -0.15) is 0 Å². The molecule has 2 aromatic rings. The Labute approximate surface area is 136 Å². The molecule has 5 heteroatoms. The average Bonchev–Trinajstić information content (AvgIpc) is 3.25. The molecule has 0 unspecified atom stereocenters. The molecule has 1 amide bonds. The second-order valence-corrected chi connectivity index (χ2v) is 6.98. The second kappa shape index (κ2) is 5.96. The van der Waals surface area contributed by atoms with E-state index in [1.165, 1.54) is 5.69 Å². The summed E-state index contributed by atoms with van der Waals surface area (Å²) in [6.45, 7) is 4.83. The van der Waals surface area contributed by atoms with E-state index < -0.39 is 0 Å². The minimum Gasteiger partial charge on any atom is -0.353 e. The smallest absolute Gasteiger partial charge is 0.224 e. The van der Waals surface area contributed by atoms with Crippen LogP contribution in [0.25, 0.3) is 5.65 Å². The summed E-state index contributed by atoms with van der Waals surface area (Å²) >= 11 is 0. The van der Waals surface area contributed by atoms with Gasteiger partial charge in [0.2, 0.25) is 5.91 Å². The molecule has 3 heterocycles. The van der Waals surface area contributed by atoms with E-state index >= 15 is 0 Å². The molecule has 1 atom stereocenters. The molecule has 1 saturated carbocycles. The van der Waals surface area contributed by atoms with Crippen molar-refractivity contribution in [3.63, 3.8) is 0 Å². The van der Waals surface area contributed by atoms with Gasteiger partial charge in [-0.3, -0.25) is 9.69 Å². The Hall–Kier alpha value is -1.88. The summed E-state index contributed by atoms with van der Waals surface area (Å²) < 4.78 is 2.14. The van der Waals surface area contributed by atoms with Crippen LogP contribution in [0.1, 0.15) is 37.1 Å². The van der Waals surface area contributed by atoms with Crippen LogP contribution in [0.5, 0.6) is 0 Å². The number of nitrogens with one attached hydrogen (secondary N) is 1. The van der Waals surface area contributed by atoms with Gasteiger partial charge in [0.15, 0.2) is 0 Å². The highest BCUT2D eigenvalue weighted by molar-refractivity contribution is 5.79. The number of amides is 1. The molecule has 0 spiro atoms. The van der Waals surface area contributed by atoms with Crippen molar-refractivity contribution in [1.29, 1.82) is 0 Å². The maximum Gasteiger partial charge on any atom is 0.224 e. The minimum absolute atomic E-state index is 0.142. The summed E-state index contributed by atoms with van der Waals surface area (Å²) in [4.78, 5) is 19.4. The fourth-order valence-corrected chi connectivity index (χ4v) is 3.46. The quantitative estimate of drug-likeness (QED) is 0.941. The first kappa shape index (κ1) is 14.7. The van der Waals surface area contributed by atoms with Gasteiger partial charge in [0.05, 0.1) is 11.6 Å². The molecule has 0 radical (unpaired) electrons. The van der Waals surface area contributed by atoms with Gasteiger partial charge in [-0.25, -0.2) is 4.98 Å². The number of pyridine rings is 1. The maximum absolute atomic E-state index is 12.3. The van der Waals surface area contributed by atoms with Gasteiger partial charge in [-0.1, -0.05) is 6.07 Å². The third-order valence-electron chi connectivity index (χ3n) is 4.93. The number of aromatic nitrogens is 2. The first-order valence-electron chi connectivity index (χ1n) is 8.65. The number of hydrogen-bond donors (Lipinski definition) is 1. The summed E-state index contributed by atoms with van der Waals surface area (Å²) in [5.41, 5.74) is 3.28. The molecule has 2 aliphatic rings. The molecular weight excluding hydrogens is 288 g/mol. The van der Waals surface area contributed by atoms with E-state index in [-0.39, 0.29) is 11.8 Å². The third kappa shape index (κ3) is 3.24. The molecular formula is C18H24N4O. The molecule has 1 aliphatic carbocycles. The van der Waals surface area contributed by atoms with E-state index in [2.05, 4.69) is 33.8 Å². The van der Waals surface area contributed by atoms with Crippen molar-refractivity contribution in [3.05, 3.63) is 35.8 Å². The number of rotatable bonds is 4. The van der Waals surface area contributed by atoms with Gasteiger partial charge < -0.3 is 9.72 Å². The number of hydrogen-bond acceptors (Lipinski definition) is 3. The zero-order valence-corrected chi connectivity index (χ0v) is 13.7. The van der Waals surface area contributed by atoms with Crippen LogP contribution < -0.4 is 5.32 Å². The summed E-state index contributed by atoms with van der Waals surface area (Å²) in [6, 6.07) is 6.64. The summed E-state index contributed by atoms with van der Waals surface area (Å²) in [5, 5.41) is 3.15. The molecule has 1 N–H and O–H groups in total. The minimum atomic E-state index is 0.142. The van der Waals surface area contributed by atoms with Crippen LogP contribution in [0, 0.1) is 12.8 Å². The number of carbonyl (C=O) groups is 1. The lowest BCUT2D eigenvalue weighted by molar-refractivity contribution is -0.126. The molecule has 5 nitrogen and oxygen atoms in total. The number of fused-ring (bicyclic) bond motifs is 1. The monoisotopic (exact) mass is 312 g/mol. The Morgan fingerprint density at radius 2 is 2.22 bits per heavy atom. The Balaban J connectivity index is 1.42. The van der Waals surface area contributed by atoms with E-state index in [1.807, 2.05) is 12.1 Å². The SMILES string of the molecule is Cc1cccc2nc(CN3CCC[C@H](C(=O)NC4CC4)C3)cn12. The Morgan fingerprint density at radius 3 is 3.00 bits per heavy atom. The topological polar surface area (TPSA) is 49.6 Å². The van der Waals surface area contributed by atoms with Crippen molar-refractivity contribution < 1.29 is 4.79 Å². The summed E-state index contributed by atoms with van der Waals surface area (Å²) in [5.74, 6) is 0.395. The number of carbonyl (C=O) groups excluding carboxylic acids is 1. The van der Waals surface area contributed by atoms with E-state index in [0.29, 0.717) is 6.04 Å². The fourth-order valence-electron chi connectivity index (χ4n) is 3.46.